The lowest BCUT2D eigenvalue weighted by molar-refractivity contribution is 0.315. The minimum Gasteiger partial charge on any atom is -0.444 e. The fourth-order valence-electron chi connectivity index (χ4n) is 1.45. The van der Waals surface area contributed by atoms with Crippen molar-refractivity contribution < 1.29 is 4.74 Å². The molecule has 3 nitrogen and oxygen atoms in total. The fraction of sp³-hybridized carbons (Fsp3) is 0.455. The Morgan fingerprint density at radius 2 is 1.93 bits per heavy atom. The van der Waals surface area contributed by atoms with E-state index in [9.17, 15) is 0 Å². The van der Waals surface area contributed by atoms with Crippen LogP contribution in [0.15, 0.2) is 34.0 Å². The minimum atomic E-state index is 0.284. The number of ether oxygens (including phenoxy) is 1. The first-order chi connectivity index (χ1) is 7.06. The highest BCUT2D eigenvalue weighted by Gasteiger charge is 2.20. The van der Waals surface area contributed by atoms with E-state index in [-0.39, 0.29) is 5.37 Å². The van der Waals surface area contributed by atoms with E-state index in [4.69, 9.17) is 4.74 Å². The van der Waals surface area contributed by atoms with Crippen LogP contribution in [0.25, 0.3) is 0 Å². The average Bonchev–Trinajstić information content (AvgIpc) is 2.59. The maximum Gasteiger partial charge on any atom is 0.196 e. The molecule has 0 aliphatic carbocycles. The van der Waals surface area contributed by atoms with E-state index < -0.39 is 0 Å². The molecule has 0 bridgehead atoms. The van der Waals surface area contributed by atoms with Gasteiger partial charge in [-0.05, 0) is 27.7 Å². The Hall–Kier alpha value is -1.03. The van der Waals surface area contributed by atoms with E-state index in [1.807, 2.05) is 25.6 Å². The minimum absolute atomic E-state index is 0.284. The number of hydrogen-bond acceptors (Lipinski definition) is 4. The van der Waals surface area contributed by atoms with Crippen molar-refractivity contribution in [2.75, 3.05) is 0 Å². The molecule has 0 aromatic carbocycles. The van der Waals surface area contributed by atoms with Gasteiger partial charge in [-0.15, -0.1) is 0 Å². The van der Waals surface area contributed by atoms with Crippen LogP contribution in [-0.2, 0) is 4.74 Å². The molecule has 0 amide bonds. The fourth-order valence-corrected chi connectivity index (χ4v) is 2.50. The molecule has 2 rings (SSSR count). The van der Waals surface area contributed by atoms with Crippen molar-refractivity contribution in [2.24, 2.45) is 0 Å². The molecule has 0 radical (unpaired) electrons. The van der Waals surface area contributed by atoms with E-state index in [2.05, 4.69) is 30.6 Å². The Labute approximate surface area is 94.6 Å². The lowest BCUT2D eigenvalue weighted by Crippen LogP contribution is -2.19. The Kier molecular flexibility index (Phi) is 2.69. The molecule has 2 heterocycles. The summed E-state index contributed by atoms with van der Waals surface area (Å²) in [4.78, 5) is 1.34. The van der Waals surface area contributed by atoms with Crippen molar-refractivity contribution in [1.29, 1.82) is 0 Å². The number of allylic oxidation sites excluding steroid dienone is 4. The van der Waals surface area contributed by atoms with Crippen LogP contribution in [-0.4, -0.2) is 5.37 Å². The van der Waals surface area contributed by atoms with Gasteiger partial charge in [-0.25, -0.2) is 0 Å². The van der Waals surface area contributed by atoms with Crippen molar-refractivity contribution in [1.82, 2.24) is 10.6 Å². The van der Waals surface area contributed by atoms with Gasteiger partial charge in [0.25, 0.3) is 0 Å². The lowest BCUT2D eigenvalue weighted by Gasteiger charge is -2.08. The van der Waals surface area contributed by atoms with Gasteiger partial charge in [0, 0.05) is 16.7 Å². The number of rotatable bonds is 1. The van der Waals surface area contributed by atoms with Gasteiger partial charge < -0.3 is 15.4 Å². The number of thioether (sulfide) groups is 1. The zero-order chi connectivity index (χ0) is 11.0. The van der Waals surface area contributed by atoms with Crippen LogP contribution in [0.2, 0.25) is 0 Å². The molecular weight excluding hydrogens is 208 g/mol. The SMILES string of the molecule is CC1=C(C)OC(=CC2NC(C)=C(C)S2)N1. The second-order valence-electron chi connectivity index (χ2n) is 3.80. The summed E-state index contributed by atoms with van der Waals surface area (Å²) in [6.07, 6.45) is 2.07. The second kappa shape index (κ2) is 3.85. The van der Waals surface area contributed by atoms with Gasteiger partial charge in [-0.3, -0.25) is 0 Å². The predicted molar refractivity (Wildman–Crippen MR) is 63.6 cm³/mol. The zero-order valence-electron chi connectivity index (χ0n) is 9.47. The summed E-state index contributed by atoms with van der Waals surface area (Å²) in [5.41, 5.74) is 2.34. The first-order valence-electron chi connectivity index (χ1n) is 5.01. The van der Waals surface area contributed by atoms with Gasteiger partial charge in [0.2, 0.25) is 0 Å². The molecule has 0 saturated carbocycles. The van der Waals surface area contributed by atoms with Gasteiger partial charge in [-0.2, -0.15) is 0 Å². The zero-order valence-corrected chi connectivity index (χ0v) is 10.3. The number of hydrogen-bond donors (Lipinski definition) is 2. The van der Waals surface area contributed by atoms with Gasteiger partial charge in [0.15, 0.2) is 5.88 Å². The smallest absolute Gasteiger partial charge is 0.196 e. The Balaban J connectivity index is 1.98. The second-order valence-corrected chi connectivity index (χ2v) is 5.16. The molecule has 0 fully saturated rings. The summed E-state index contributed by atoms with van der Waals surface area (Å²) in [7, 11) is 0. The largest absolute Gasteiger partial charge is 0.444 e. The summed E-state index contributed by atoms with van der Waals surface area (Å²) >= 11 is 1.82. The van der Waals surface area contributed by atoms with E-state index >= 15 is 0 Å². The normalized spacial score (nSPS) is 28.3. The van der Waals surface area contributed by atoms with Crippen molar-refractivity contribution >= 4 is 11.8 Å². The lowest BCUT2D eigenvalue weighted by atomic mass is 10.4. The molecule has 2 aliphatic heterocycles. The van der Waals surface area contributed by atoms with Crippen LogP contribution in [0.1, 0.15) is 27.7 Å². The monoisotopic (exact) mass is 224 g/mol. The Morgan fingerprint density at radius 1 is 1.20 bits per heavy atom. The highest BCUT2D eigenvalue weighted by Crippen LogP contribution is 2.31. The molecule has 82 valence electrons. The van der Waals surface area contributed by atoms with E-state index in [1.54, 1.807) is 0 Å². The predicted octanol–water partition coefficient (Wildman–Crippen LogP) is 2.61. The summed E-state index contributed by atoms with van der Waals surface area (Å²) in [5, 5.41) is 6.88. The molecule has 2 N–H and O–H groups in total. The van der Waals surface area contributed by atoms with Crippen molar-refractivity contribution in [3.8, 4) is 0 Å². The topological polar surface area (TPSA) is 33.3 Å². The van der Waals surface area contributed by atoms with Crippen LogP contribution in [0.5, 0.6) is 0 Å². The van der Waals surface area contributed by atoms with Crippen LogP contribution in [0.4, 0.5) is 0 Å². The molecule has 0 saturated heterocycles. The summed E-state index contributed by atoms with van der Waals surface area (Å²) in [6.45, 7) is 8.20. The summed E-state index contributed by atoms with van der Waals surface area (Å²) in [6, 6.07) is 0. The quantitative estimate of drug-likeness (QED) is 0.717. The molecule has 4 heteroatoms. The standard InChI is InChI=1S/C11H16N2OS/c1-6-8(3)14-10(12-6)5-11-13-7(2)9(4)15-11/h5,11-13H,1-4H3. The van der Waals surface area contributed by atoms with Crippen LogP contribution < -0.4 is 10.6 Å². The third kappa shape index (κ3) is 2.15. The highest BCUT2D eigenvalue weighted by atomic mass is 32.2. The van der Waals surface area contributed by atoms with Crippen LogP contribution in [0.3, 0.4) is 0 Å². The van der Waals surface area contributed by atoms with Gasteiger partial charge in [0.1, 0.15) is 11.1 Å². The van der Waals surface area contributed by atoms with E-state index in [1.165, 1.54) is 10.6 Å². The average molecular weight is 224 g/mol. The first-order valence-corrected chi connectivity index (χ1v) is 5.89. The molecule has 0 aromatic rings. The number of nitrogens with one attached hydrogen (secondary N) is 2. The van der Waals surface area contributed by atoms with Gasteiger partial charge in [-0.1, -0.05) is 11.8 Å². The van der Waals surface area contributed by atoms with Crippen molar-refractivity contribution in [3.63, 3.8) is 0 Å². The summed E-state index contributed by atoms with van der Waals surface area (Å²) in [5.74, 6) is 1.78. The van der Waals surface area contributed by atoms with E-state index in [0.29, 0.717) is 0 Å². The molecular formula is C11H16N2OS. The Morgan fingerprint density at radius 3 is 2.40 bits per heavy atom. The third-order valence-corrected chi connectivity index (χ3v) is 3.76. The van der Waals surface area contributed by atoms with Gasteiger partial charge in [0.05, 0.1) is 5.70 Å². The molecule has 1 unspecified atom stereocenters. The highest BCUT2D eigenvalue weighted by molar-refractivity contribution is 8.04. The molecule has 2 aliphatic rings. The Bertz CT molecular complexity index is 352. The van der Waals surface area contributed by atoms with Crippen molar-refractivity contribution in [3.05, 3.63) is 34.0 Å². The summed E-state index contributed by atoms with van der Waals surface area (Å²) < 4.78 is 5.56. The van der Waals surface area contributed by atoms with E-state index in [0.717, 1.165) is 17.3 Å². The molecule has 15 heavy (non-hydrogen) atoms. The maximum absolute atomic E-state index is 5.56. The van der Waals surface area contributed by atoms with Crippen LogP contribution in [0, 0.1) is 0 Å². The van der Waals surface area contributed by atoms with Crippen LogP contribution >= 0.6 is 11.8 Å². The molecule has 1 atom stereocenters. The molecule has 0 aromatic heterocycles. The maximum atomic E-state index is 5.56. The first kappa shape index (κ1) is 10.5. The molecule has 0 spiro atoms. The van der Waals surface area contributed by atoms with Crippen molar-refractivity contribution in [2.45, 2.75) is 33.1 Å². The van der Waals surface area contributed by atoms with Gasteiger partial charge >= 0.3 is 0 Å². The third-order valence-electron chi connectivity index (χ3n) is 2.60.